The van der Waals surface area contributed by atoms with Crippen molar-refractivity contribution in [3.05, 3.63) is 29.8 Å². The van der Waals surface area contributed by atoms with E-state index in [9.17, 15) is 5.11 Å². The molecule has 1 aromatic carbocycles. The van der Waals surface area contributed by atoms with Crippen molar-refractivity contribution in [2.24, 2.45) is 11.3 Å². The van der Waals surface area contributed by atoms with Crippen molar-refractivity contribution >= 4 is 12.4 Å². The van der Waals surface area contributed by atoms with Crippen LogP contribution in [0, 0.1) is 11.3 Å². The first kappa shape index (κ1) is 17.3. The summed E-state index contributed by atoms with van der Waals surface area (Å²) in [5.74, 6) is 1.74. The molecule has 1 saturated carbocycles. The van der Waals surface area contributed by atoms with Crippen LogP contribution in [0.15, 0.2) is 24.3 Å². The molecule has 2 nitrogen and oxygen atoms in total. The number of hydrogen-bond acceptors (Lipinski definition) is 2. The van der Waals surface area contributed by atoms with Gasteiger partial charge in [0.2, 0.25) is 0 Å². The van der Waals surface area contributed by atoms with Gasteiger partial charge in [-0.2, -0.15) is 0 Å². The van der Waals surface area contributed by atoms with E-state index in [1.54, 1.807) is 6.07 Å². The van der Waals surface area contributed by atoms with Crippen molar-refractivity contribution in [1.82, 2.24) is 6.15 Å². The summed E-state index contributed by atoms with van der Waals surface area (Å²) in [6.45, 7) is 7.07. The van der Waals surface area contributed by atoms with Gasteiger partial charge in [0.25, 0.3) is 0 Å². The summed E-state index contributed by atoms with van der Waals surface area (Å²) in [6.07, 6.45) is 3.82. The van der Waals surface area contributed by atoms with Gasteiger partial charge in [-0.3, -0.25) is 0 Å². The van der Waals surface area contributed by atoms with Gasteiger partial charge in [0.15, 0.2) is 0 Å². The molecule has 0 aliphatic heterocycles. The highest BCUT2D eigenvalue weighted by Gasteiger charge is 2.32. The Morgan fingerprint density at radius 2 is 1.94 bits per heavy atom. The lowest BCUT2D eigenvalue weighted by Crippen LogP contribution is -2.26. The summed E-state index contributed by atoms with van der Waals surface area (Å²) in [4.78, 5) is 0. The van der Waals surface area contributed by atoms with E-state index in [4.69, 9.17) is 0 Å². The first-order valence-electron chi connectivity index (χ1n) is 6.27. The highest BCUT2D eigenvalue weighted by Crippen LogP contribution is 2.46. The zero-order valence-electron chi connectivity index (χ0n) is 11.6. The maximum absolute atomic E-state index is 9.53. The third-order valence-electron chi connectivity index (χ3n) is 3.99. The van der Waals surface area contributed by atoms with E-state index in [1.807, 2.05) is 12.1 Å². The quantitative estimate of drug-likeness (QED) is 0.763. The second kappa shape index (κ2) is 6.44. The highest BCUT2D eigenvalue weighted by molar-refractivity contribution is 5.85. The van der Waals surface area contributed by atoms with Gasteiger partial charge >= 0.3 is 0 Å². The van der Waals surface area contributed by atoms with Crippen LogP contribution in [-0.4, -0.2) is 5.11 Å². The molecule has 0 heterocycles. The summed E-state index contributed by atoms with van der Waals surface area (Å²) < 4.78 is 0. The van der Waals surface area contributed by atoms with Crippen molar-refractivity contribution < 1.29 is 5.11 Å². The third-order valence-corrected chi connectivity index (χ3v) is 3.99. The molecule has 4 N–H and O–H groups in total. The minimum absolute atomic E-state index is 0. The minimum Gasteiger partial charge on any atom is -0.508 e. The molecule has 2 atom stereocenters. The number of rotatable bonds is 1. The van der Waals surface area contributed by atoms with Gasteiger partial charge in [0.05, 0.1) is 0 Å². The van der Waals surface area contributed by atoms with Crippen LogP contribution in [0.4, 0.5) is 0 Å². The number of phenols is 1. The fraction of sp³-hybridized carbons (Fsp3) is 0.600. The molecule has 0 aromatic heterocycles. The first-order chi connectivity index (χ1) is 7.48. The van der Waals surface area contributed by atoms with Crippen molar-refractivity contribution in [3.63, 3.8) is 0 Å². The zero-order valence-corrected chi connectivity index (χ0v) is 12.5. The average molecular weight is 272 g/mol. The molecule has 2 unspecified atom stereocenters. The van der Waals surface area contributed by atoms with Crippen LogP contribution >= 0.6 is 12.4 Å². The van der Waals surface area contributed by atoms with E-state index in [0.717, 1.165) is 0 Å². The van der Waals surface area contributed by atoms with Gasteiger partial charge in [-0.1, -0.05) is 32.9 Å². The number of benzene rings is 1. The SMILES string of the molecule is CC1CC(C)(C)CCC1c1cccc(O)c1.Cl.N. The summed E-state index contributed by atoms with van der Waals surface area (Å²) in [5, 5.41) is 9.53. The molecular weight excluding hydrogens is 246 g/mol. The van der Waals surface area contributed by atoms with Crippen molar-refractivity contribution in [3.8, 4) is 5.75 Å². The van der Waals surface area contributed by atoms with E-state index in [0.29, 0.717) is 23.0 Å². The van der Waals surface area contributed by atoms with E-state index < -0.39 is 0 Å². The van der Waals surface area contributed by atoms with E-state index in [-0.39, 0.29) is 18.6 Å². The molecule has 18 heavy (non-hydrogen) atoms. The van der Waals surface area contributed by atoms with Gasteiger partial charge in [-0.05, 0) is 54.2 Å². The lowest BCUT2D eigenvalue weighted by Gasteiger charge is -2.39. The Morgan fingerprint density at radius 3 is 2.50 bits per heavy atom. The number of hydrogen-bond donors (Lipinski definition) is 2. The smallest absolute Gasteiger partial charge is 0.115 e. The van der Waals surface area contributed by atoms with E-state index >= 15 is 0 Å². The number of phenolic OH excluding ortho intramolecular Hbond substituents is 1. The Kier molecular flexibility index (Phi) is 6.18. The molecule has 0 saturated heterocycles. The summed E-state index contributed by atoms with van der Waals surface area (Å²) in [7, 11) is 0. The normalized spacial score (nSPS) is 25.7. The molecule has 0 spiro atoms. The third kappa shape index (κ3) is 3.89. The van der Waals surface area contributed by atoms with Crippen molar-refractivity contribution in [2.75, 3.05) is 0 Å². The number of aromatic hydroxyl groups is 1. The molecule has 1 fully saturated rings. The summed E-state index contributed by atoms with van der Waals surface area (Å²) in [5.41, 5.74) is 1.80. The van der Waals surface area contributed by atoms with Gasteiger partial charge in [-0.25, -0.2) is 0 Å². The van der Waals surface area contributed by atoms with Crippen LogP contribution in [-0.2, 0) is 0 Å². The second-order valence-electron chi connectivity index (χ2n) is 6.09. The fourth-order valence-corrected chi connectivity index (χ4v) is 3.20. The zero-order chi connectivity index (χ0) is 11.8. The van der Waals surface area contributed by atoms with E-state index in [2.05, 4.69) is 26.8 Å². The second-order valence-corrected chi connectivity index (χ2v) is 6.09. The molecule has 0 radical (unpaired) electrons. The van der Waals surface area contributed by atoms with Crippen LogP contribution in [0.5, 0.6) is 5.75 Å². The standard InChI is InChI=1S/C15H22O.ClH.H3N/c1-11-10-15(2,3)8-7-14(11)12-5-4-6-13(16)9-12;;/h4-6,9,11,14,16H,7-8,10H2,1-3H3;1H;1H3. The van der Waals surface area contributed by atoms with Crippen LogP contribution < -0.4 is 6.15 Å². The minimum atomic E-state index is 0. The van der Waals surface area contributed by atoms with Crippen LogP contribution in [0.1, 0.15) is 51.5 Å². The molecule has 1 aliphatic carbocycles. The highest BCUT2D eigenvalue weighted by atomic mass is 35.5. The van der Waals surface area contributed by atoms with E-state index in [1.165, 1.54) is 24.8 Å². The maximum atomic E-state index is 9.53. The fourth-order valence-electron chi connectivity index (χ4n) is 3.20. The molecule has 1 aliphatic rings. The Bertz CT molecular complexity index is 379. The Morgan fingerprint density at radius 1 is 1.28 bits per heavy atom. The topological polar surface area (TPSA) is 55.2 Å². The monoisotopic (exact) mass is 271 g/mol. The van der Waals surface area contributed by atoms with Crippen LogP contribution in [0.3, 0.4) is 0 Å². The van der Waals surface area contributed by atoms with Gasteiger partial charge in [0.1, 0.15) is 5.75 Å². The van der Waals surface area contributed by atoms with Gasteiger partial charge in [-0.15, -0.1) is 12.4 Å². The molecule has 0 bridgehead atoms. The Balaban J connectivity index is 0.00000144. The predicted molar refractivity (Wildman–Crippen MR) is 79.9 cm³/mol. The first-order valence-corrected chi connectivity index (χ1v) is 6.27. The lowest BCUT2D eigenvalue weighted by molar-refractivity contribution is 0.167. The van der Waals surface area contributed by atoms with Crippen LogP contribution in [0.2, 0.25) is 0 Å². The molecule has 0 amide bonds. The molecule has 1 aromatic rings. The molecular formula is C15H26ClNO. The largest absolute Gasteiger partial charge is 0.508 e. The van der Waals surface area contributed by atoms with Crippen molar-refractivity contribution in [1.29, 1.82) is 0 Å². The maximum Gasteiger partial charge on any atom is 0.115 e. The van der Waals surface area contributed by atoms with Gasteiger partial charge < -0.3 is 11.3 Å². The van der Waals surface area contributed by atoms with Gasteiger partial charge in [0, 0.05) is 0 Å². The Hall–Kier alpha value is -0.730. The average Bonchev–Trinajstić information content (AvgIpc) is 2.15. The number of halogens is 1. The lowest BCUT2D eigenvalue weighted by atomic mass is 9.66. The summed E-state index contributed by atoms with van der Waals surface area (Å²) >= 11 is 0. The molecule has 2 rings (SSSR count). The van der Waals surface area contributed by atoms with Crippen LogP contribution in [0.25, 0.3) is 0 Å². The Labute approximate surface area is 117 Å². The molecule has 3 heteroatoms. The van der Waals surface area contributed by atoms with Crippen molar-refractivity contribution in [2.45, 2.75) is 46.0 Å². The predicted octanol–water partition coefficient (Wildman–Crippen LogP) is 4.91. The summed E-state index contributed by atoms with van der Waals surface area (Å²) in [6, 6.07) is 7.79. The molecule has 104 valence electrons.